The van der Waals surface area contributed by atoms with Crippen LogP contribution in [0.4, 0.5) is 4.79 Å². The quantitative estimate of drug-likeness (QED) is 0.537. The lowest BCUT2D eigenvalue weighted by Crippen LogP contribution is -2.44. The lowest BCUT2D eigenvalue weighted by atomic mass is 9.99. The van der Waals surface area contributed by atoms with Crippen LogP contribution in [0.5, 0.6) is 6.01 Å². The second-order valence-corrected chi connectivity index (χ2v) is 9.70. The molecule has 1 aliphatic rings. The zero-order valence-corrected chi connectivity index (χ0v) is 19.5. The summed E-state index contributed by atoms with van der Waals surface area (Å²) in [6, 6.07) is 17.3. The van der Waals surface area contributed by atoms with E-state index < -0.39 is 5.60 Å². The molecule has 0 radical (unpaired) electrons. The Kier molecular flexibility index (Phi) is 6.40. The van der Waals surface area contributed by atoms with Crippen LogP contribution >= 0.6 is 0 Å². The first-order valence-corrected chi connectivity index (χ1v) is 11.4. The van der Waals surface area contributed by atoms with Crippen molar-refractivity contribution < 1.29 is 14.3 Å². The highest BCUT2D eigenvalue weighted by atomic mass is 16.6. The molecule has 1 aliphatic heterocycles. The number of benzene rings is 2. The number of hydrogen-bond acceptors (Lipinski definition) is 4. The molecule has 1 amide bonds. The Bertz CT molecular complexity index is 1070. The van der Waals surface area contributed by atoms with E-state index in [1.54, 1.807) is 4.90 Å². The standard InChI is InChI=1S/C26H33N3O3/c1-19-11-13-20(14-12-19)17-29-23-10-6-5-9-22(23)27-24(29)31-18-21-8-7-15-28(16-21)25(30)32-26(2,3)4/h5-6,9-14,21H,7-8,15-18H2,1-4H3/t21-/m1/s1. The fourth-order valence-corrected chi connectivity index (χ4v) is 4.08. The maximum Gasteiger partial charge on any atom is 0.410 e. The van der Waals surface area contributed by atoms with Gasteiger partial charge in [0.05, 0.1) is 24.2 Å². The molecule has 2 heterocycles. The molecule has 2 aromatic carbocycles. The number of carbonyl (C=O) groups is 1. The van der Waals surface area contributed by atoms with E-state index >= 15 is 0 Å². The van der Waals surface area contributed by atoms with E-state index in [-0.39, 0.29) is 12.0 Å². The highest BCUT2D eigenvalue weighted by Crippen LogP contribution is 2.25. The molecule has 170 valence electrons. The van der Waals surface area contributed by atoms with Gasteiger partial charge in [-0.1, -0.05) is 42.0 Å². The van der Waals surface area contributed by atoms with Crippen molar-refractivity contribution in [2.45, 2.75) is 52.7 Å². The zero-order valence-electron chi connectivity index (χ0n) is 19.5. The number of nitrogens with zero attached hydrogens (tertiary/aromatic N) is 3. The lowest BCUT2D eigenvalue weighted by molar-refractivity contribution is 0.0136. The highest BCUT2D eigenvalue weighted by Gasteiger charge is 2.28. The van der Waals surface area contributed by atoms with Crippen molar-refractivity contribution in [3.05, 3.63) is 59.7 Å². The van der Waals surface area contributed by atoms with Crippen LogP contribution in [0.25, 0.3) is 11.0 Å². The SMILES string of the molecule is Cc1ccc(Cn2c(OC[C@@H]3CCCN(C(=O)OC(C)(C)C)C3)nc3ccccc32)cc1. The van der Waals surface area contributed by atoms with E-state index in [1.165, 1.54) is 11.1 Å². The van der Waals surface area contributed by atoms with Crippen LogP contribution in [-0.4, -0.2) is 45.8 Å². The van der Waals surface area contributed by atoms with Gasteiger partial charge in [-0.05, 0) is 58.2 Å². The summed E-state index contributed by atoms with van der Waals surface area (Å²) in [5.74, 6) is 0.254. The number of hydrogen-bond donors (Lipinski definition) is 0. The molecule has 0 N–H and O–H groups in total. The molecule has 32 heavy (non-hydrogen) atoms. The van der Waals surface area contributed by atoms with E-state index in [1.807, 2.05) is 39.0 Å². The number of aryl methyl sites for hydroxylation is 1. The van der Waals surface area contributed by atoms with Crippen molar-refractivity contribution >= 4 is 17.1 Å². The van der Waals surface area contributed by atoms with Gasteiger partial charge >= 0.3 is 6.09 Å². The molecule has 6 nitrogen and oxygen atoms in total. The van der Waals surface area contributed by atoms with Crippen molar-refractivity contribution in [1.82, 2.24) is 14.5 Å². The van der Waals surface area contributed by atoms with Gasteiger partial charge in [-0.3, -0.25) is 4.57 Å². The molecule has 1 fully saturated rings. The maximum absolute atomic E-state index is 12.5. The predicted octanol–water partition coefficient (Wildman–Crippen LogP) is 5.42. The Labute approximate surface area is 190 Å². The van der Waals surface area contributed by atoms with Crippen LogP contribution in [0.1, 0.15) is 44.7 Å². The lowest BCUT2D eigenvalue weighted by Gasteiger charge is -2.33. The second kappa shape index (κ2) is 9.23. The minimum absolute atomic E-state index is 0.242. The normalized spacial score (nSPS) is 16.9. The van der Waals surface area contributed by atoms with Crippen LogP contribution in [0.2, 0.25) is 0 Å². The van der Waals surface area contributed by atoms with Crippen molar-refractivity contribution in [3.63, 3.8) is 0 Å². The summed E-state index contributed by atoms with van der Waals surface area (Å²) in [5.41, 5.74) is 3.95. The number of piperidine rings is 1. The van der Waals surface area contributed by atoms with Gasteiger partial charge < -0.3 is 14.4 Å². The fraction of sp³-hybridized carbons (Fsp3) is 0.462. The summed E-state index contributed by atoms with van der Waals surface area (Å²) in [6.07, 6.45) is 1.73. The average Bonchev–Trinajstić information content (AvgIpc) is 3.10. The van der Waals surface area contributed by atoms with Crippen molar-refractivity contribution in [3.8, 4) is 6.01 Å². The summed E-state index contributed by atoms with van der Waals surface area (Å²) in [7, 11) is 0. The van der Waals surface area contributed by atoms with Crippen molar-refractivity contribution in [2.24, 2.45) is 5.92 Å². The van der Waals surface area contributed by atoms with Crippen molar-refractivity contribution in [1.29, 1.82) is 0 Å². The minimum Gasteiger partial charge on any atom is -0.464 e. The Morgan fingerprint density at radius 1 is 1.12 bits per heavy atom. The molecule has 0 saturated carbocycles. The van der Waals surface area contributed by atoms with Gasteiger partial charge in [0.1, 0.15) is 5.60 Å². The molecule has 0 spiro atoms. The highest BCUT2D eigenvalue weighted by molar-refractivity contribution is 5.76. The van der Waals surface area contributed by atoms with Gasteiger partial charge in [-0.25, -0.2) is 4.79 Å². The van der Waals surface area contributed by atoms with Crippen LogP contribution < -0.4 is 4.74 Å². The number of likely N-dealkylation sites (tertiary alicyclic amines) is 1. The third-order valence-corrected chi connectivity index (χ3v) is 5.70. The maximum atomic E-state index is 12.5. The zero-order chi connectivity index (χ0) is 22.7. The van der Waals surface area contributed by atoms with Crippen LogP contribution in [0.3, 0.4) is 0 Å². The van der Waals surface area contributed by atoms with Gasteiger partial charge in [0, 0.05) is 19.0 Å². The first kappa shape index (κ1) is 22.2. The number of imidazole rings is 1. The Balaban J connectivity index is 1.47. The second-order valence-electron chi connectivity index (χ2n) is 9.70. The minimum atomic E-state index is -0.485. The van der Waals surface area contributed by atoms with E-state index in [2.05, 4.69) is 41.8 Å². The number of carbonyl (C=O) groups excluding carboxylic acids is 1. The molecule has 1 saturated heterocycles. The summed E-state index contributed by atoms with van der Waals surface area (Å²) in [6.45, 7) is 10.4. The third kappa shape index (κ3) is 5.42. The number of aromatic nitrogens is 2. The summed E-state index contributed by atoms with van der Waals surface area (Å²) in [5, 5.41) is 0. The van der Waals surface area contributed by atoms with E-state index in [9.17, 15) is 4.79 Å². The van der Waals surface area contributed by atoms with Crippen molar-refractivity contribution in [2.75, 3.05) is 19.7 Å². The van der Waals surface area contributed by atoms with Crippen LogP contribution in [0.15, 0.2) is 48.5 Å². The average molecular weight is 436 g/mol. The largest absolute Gasteiger partial charge is 0.464 e. The van der Waals surface area contributed by atoms with E-state index in [4.69, 9.17) is 14.5 Å². The number of amides is 1. The molecule has 6 heteroatoms. The smallest absolute Gasteiger partial charge is 0.410 e. The third-order valence-electron chi connectivity index (χ3n) is 5.70. The predicted molar refractivity (Wildman–Crippen MR) is 126 cm³/mol. The first-order valence-electron chi connectivity index (χ1n) is 11.4. The van der Waals surface area contributed by atoms with Gasteiger partial charge in [0.15, 0.2) is 0 Å². The van der Waals surface area contributed by atoms with E-state index in [0.29, 0.717) is 25.7 Å². The summed E-state index contributed by atoms with van der Waals surface area (Å²) in [4.78, 5) is 19.0. The molecule has 0 bridgehead atoms. The molecule has 3 aromatic rings. The van der Waals surface area contributed by atoms with Gasteiger partial charge in [-0.2, -0.15) is 4.98 Å². The van der Waals surface area contributed by atoms with E-state index in [0.717, 1.165) is 30.4 Å². The Hall–Kier alpha value is -3.02. The van der Waals surface area contributed by atoms with Crippen LogP contribution in [0, 0.1) is 12.8 Å². The fourth-order valence-electron chi connectivity index (χ4n) is 4.08. The summed E-state index contributed by atoms with van der Waals surface area (Å²) >= 11 is 0. The molecule has 1 atom stereocenters. The van der Waals surface area contributed by atoms with Gasteiger partial charge in [0.25, 0.3) is 6.01 Å². The first-order chi connectivity index (χ1) is 15.3. The Morgan fingerprint density at radius 2 is 1.88 bits per heavy atom. The monoisotopic (exact) mass is 435 g/mol. The molecule has 4 rings (SSSR count). The number of para-hydroxylation sites is 2. The number of fused-ring (bicyclic) bond motifs is 1. The number of rotatable bonds is 5. The molecular formula is C26H33N3O3. The summed E-state index contributed by atoms with van der Waals surface area (Å²) < 4.78 is 13.9. The van der Waals surface area contributed by atoms with Crippen LogP contribution in [-0.2, 0) is 11.3 Å². The molecular weight excluding hydrogens is 402 g/mol. The Morgan fingerprint density at radius 3 is 2.62 bits per heavy atom. The molecule has 0 unspecified atom stereocenters. The molecule has 1 aromatic heterocycles. The van der Waals surface area contributed by atoms with Gasteiger partial charge in [-0.15, -0.1) is 0 Å². The number of ether oxygens (including phenoxy) is 2. The molecule has 0 aliphatic carbocycles. The topological polar surface area (TPSA) is 56.6 Å². The van der Waals surface area contributed by atoms with Gasteiger partial charge in [0.2, 0.25) is 0 Å².